The van der Waals surface area contributed by atoms with E-state index in [2.05, 4.69) is 12.2 Å². The summed E-state index contributed by atoms with van der Waals surface area (Å²) >= 11 is 0. The van der Waals surface area contributed by atoms with Crippen LogP contribution in [0.5, 0.6) is 5.75 Å². The fourth-order valence-electron chi connectivity index (χ4n) is 2.15. The monoisotopic (exact) mass is 283 g/mol. The van der Waals surface area contributed by atoms with Crippen LogP contribution in [0.3, 0.4) is 0 Å². The first-order chi connectivity index (χ1) is 10.1. The average Bonchev–Trinajstić information content (AvgIpc) is 2.48. The lowest BCUT2D eigenvalue weighted by Crippen LogP contribution is -2.12. The second kappa shape index (κ2) is 6.93. The molecule has 0 aliphatic rings. The highest BCUT2D eigenvalue weighted by Crippen LogP contribution is 2.24. The fraction of sp³-hybridized carbons (Fsp3) is 0.278. The third-order valence-electron chi connectivity index (χ3n) is 3.44. The first-order valence-corrected chi connectivity index (χ1v) is 7.30. The lowest BCUT2D eigenvalue weighted by Gasteiger charge is -2.08. The van der Waals surface area contributed by atoms with Gasteiger partial charge in [0, 0.05) is 5.56 Å². The molecule has 3 heteroatoms. The first-order valence-electron chi connectivity index (χ1n) is 7.30. The van der Waals surface area contributed by atoms with Gasteiger partial charge in [0.25, 0.3) is 5.91 Å². The number of rotatable bonds is 5. The number of nitrogens with one attached hydrogen (secondary N) is 1. The van der Waals surface area contributed by atoms with Gasteiger partial charge in [0.05, 0.1) is 5.69 Å². The Morgan fingerprint density at radius 1 is 1.14 bits per heavy atom. The van der Waals surface area contributed by atoms with Crippen LogP contribution in [0.1, 0.15) is 41.3 Å². The minimum atomic E-state index is -0.212. The summed E-state index contributed by atoms with van der Waals surface area (Å²) in [4.78, 5) is 12.2. The number of benzene rings is 2. The highest BCUT2D eigenvalue weighted by molar-refractivity contribution is 6.05. The van der Waals surface area contributed by atoms with Crippen molar-refractivity contribution in [2.24, 2.45) is 0 Å². The number of amides is 1. The zero-order valence-electron chi connectivity index (χ0n) is 12.5. The number of carbonyl (C=O) groups excluding carboxylic acids is 1. The van der Waals surface area contributed by atoms with E-state index in [4.69, 9.17) is 0 Å². The molecule has 0 atom stereocenters. The SMILES string of the molecule is CCCCc1ccc(C(=O)Nc2ccc(C)cc2O)cc1. The predicted molar refractivity (Wildman–Crippen MR) is 85.9 cm³/mol. The Morgan fingerprint density at radius 3 is 2.48 bits per heavy atom. The van der Waals surface area contributed by atoms with Crippen molar-refractivity contribution in [2.45, 2.75) is 33.1 Å². The normalized spacial score (nSPS) is 10.4. The van der Waals surface area contributed by atoms with E-state index < -0.39 is 0 Å². The molecule has 2 aromatic carbocycles. The van der Waals surface area contributed by atoms with E-state index in [0.717, 1.165) is 24.8 Å². The van der Waals surface area contributed by atoms with Gasteiger partial charge in [0.15, 0.2) is 0 Å². The van der Waals surface area contributed by atoms with Crippen molar-refractivity contribution in [3.63, 3.8) is 0 Å². The summed E-state index contributed by atoms with van der Waals surface area (Å²) in [6, 6.07) is 12.8. The molecule has 0 saturated carbocycles. The van der Waals surface area contributed by atoms with Gasteiger partial charge in [-0.15, -0.1) is 0 Å². The smallest absolute Gasteiger partial charge is 0.255 e. The molecular formula is C18H21NO2. The zero-order valence-corrected chi connectivity index (χ0v) is 12.5. The standard InChI is InChI=1S/C18H21NO2/c1-3-4-5-14-7-9-15(10-8-14)18(21)19-16-11-6-13(2)12-17(16)20/h6-12,20H,3-5H2,1-2H3,(H,19,21). The van der Waals surface area contributed by atoms with Crippen LogP contribution in [0.2, 0.25) is 0 Å². The number of phenols is 1. The highest BCUT2D eigenvalue weighted by Gasteiger charge is 2.09. The largest absolute Gasteiger partial charge is 0.506 e. The number of hydrogen-bond donors (Lipinski definition) is 2. The molecule has 1 amide bonds. The first kappa shape index (κ1) is 15.1. The van der Waals surface area contributed by atoms with Gasteiger partial charge in [-0.25, -0.2) is 0 Å². The Bertz CT molecular complexity index is 618. The Balaban J connectivity index is 2.06. The predicted octanol–water partition coefficient (Wildman–Crippen LogP) is 4.30. The van der Waals surface area contributed by atoms with Crippen molar-refractivity contribution < 1.29 is 9.90 Å². The number of aromatic hydroxyl groups is 1. The van der Waals surface area contributed by atoms with Gasteiger partial charge in [-0.2, -0.15) is 0 Å². The summed E-state index contributed by atoms with van der Waals surface area (Å²) in [7, 11) is 0. The lowest BCUT2D eigenvalue weighted by atomic mass is 10.1. The van der Waals surface area contributed by atoms with E-state index >= 15 is 0 Å². The Hall–Kier alpha value is -2.29. The summed E-state index contributed by atoms with van der Waals surface area (Å²) in [6.45, 7) is 4.05. The minimum absolute atomic E-state index is 0.0860. The summed E-state index contributed by atoms with van der Waals surface area (Å²) in [5.74, 6) is -0.126. The van der Waals surface area contributed by atoms with E-state index in [9.17, 15) is 9.90 Å². The van der Waals surface area contributed by atoms with Gasteiger partial charge < -0.3 is 10.4 Å². The molecule has 0 aromatic heterocycles. The summed E-state index contributed by atoms with van der Waals surface area (Å²) < 4.78 is 0. The zero-order chi connectivity index (χ0) is 15.2. The number of phenolic OH excluding ortho intramolecular Hbond substituents is 1. The van der Waals surface area contributed by atoms with Crippen LogP contribution < -0.4 is 5.32 Å². The number of carbonyl (C=O) groups is 1. The highest BCUT2D eigenvalue weighted by atomic mass is 16.3. The van der Waals surface area contributed by atoms with Crippen LogP contribution >= 0.6 is 0 Å². The molecule has 21 heavy (non-hydrogen) atoms. The van der Waals surface area contributed by atoms with E-state index in [0.29, 0.717) is 11.3 Å². The molecule has 2 aromatic rings. The van der Waals surface area contributed by atoms with Gasteiger partial charge in [-0.05, 0) is 55.2 Å². The molecule has 3 nitrogen and oxygen atoms in total. The number of hydrogen-bond acceptors (Lipinski definition) is 2. The number of aryl methyl sites for hydroxylation is 2. The molecule has 0 bridgehead atoms. The van der Waals surface area contributed by atoms with E-state index in [1.807, 2.05) is 37.3 Å². The fourth-order valence-corrected chi connectivity index (χ4v) is 2.15. The van der Waals surface area contributed by atoms with Crippen LogP contribution in [-0.2, 0) is 6.42 Å². The van der Waals surface area contributed by atoms with Crippen molar-refractivity contribution in [2.75, 3.05) is 5.32 Å². The van der Waals surface area contributed by atoms with Crippen molar-refractivity contribution in [1.29, 1.82) is 0 Å². The molecule has 0 fully saturated rings. The van der Waals surface area contributed by atoms with Crippen molar-refractivity contribution in [1.82, 2.24) is 0 Å². The Labute approximate surface area is 125 Å². The molecule has 2 N–H and O–H groups in total. The second-order valence-electron chi connectivity index (χ2n) is 5.28. The van der Waals surface area contributed by atoms with Crippen molar-refractivity contribution in [3.05, 3.63) is 59.2 Å². The molecule has 110 valence electrons. The second-order valence-corrected chi connectivity index (χ2v) is 5.28. The molecular weight excluding hydrogens is 262 g/mol. The van der Waals surface area contributed by atoms with E-state index in [1.54, 1.807) is 12.1 Å². The topological polar surface area (TPSA) is 49.3 Å². The maximum Gasteiger partial charge on any atom is 0.255 e. The molecule has 2 rings (SSSR count). The third kappa shape index (κ3) is 4.09. The quantitative estimate of drug-likeness (QED) is 0.804. The van der Waals surface area contributed by atoms with E-state index in [1.165, 1.54) is 5.56 Å². The van der Waals surface area contributed by atoms with Gasteiger partial charge in [-0.1, -0.05) is 31.5 Å². The maximum atomic E-state index is 12.2. The molecule has 0 saturated heterocycles. The minimum Gasteiger partial charge on any atom is -0.506 e. The number of unbranched alkanes of at least 4 members (excludes halogenated alkanes) is 1. The molecule has 0 unspecified atom stereocenters. The summed E-state index contributed by atoms with van der Waals surface area (Å²) in [5, 5.41) is 12.5. The summed E-state index contributed by atoms with van der Waals surface area (Å²) in [5.41, 5.74) is 3.22. The van der Waals surface area contributed by atoms with Crippen LogP contribution in [0, 0.1) is 6.92 Å². The van der Waals surface area contributed by atoms with Gasteiger partial charge in [-0.3, -0.25) is 4.79 Å². The van der Waals surface area contributed by atoms with Gasteiger partial charge >= 0.3 is 0 Å². The average molecular weight is 283 g/mol. The van der Waals surface area contributed by atoms with Crippen LogP contribution in [0.15, 0.2) is 42.5 Å². The lowest BCUT2D eigenvalue weighted by molar-refractivity contribution is 0.102. The molecule has 0 heterocycles. The summed E-state index contributed by atoms with van der Waals surface area (Å²) in [6.07, 6.45) is 3.36. The third-order valence-corrected chi connectivity index (χ3v) is 3.44. The van der Waals surface area contributed by atoms with Crippen LogP contribution in [-0.4, -0.2) is 11.0 Å². The maximum absolute atomic E-state index is 12.2. The molecule has 0 aliphatic carbocycles. The van der Waals surface area contributed by atoms with Gasteiger partial charge in [0.1, 0.15) is 5.75 Å². The van der Waals surface area contributed by atoms with E-state index in [-0.39, 0.29) is 11.7 Å². The molecule has 0 aliphatic heterocycles. The number of anilines is 1. The Morgan fingerprint density at radius 2 is 1.86 bits per heavy atom. The van der Waals surface area contributed by atoms with Crippen LogP contribution in [0.25, 0.3) is 0 Å². The molecule has 0 spiro atoms. The van der Waals surface area contributed by atoms with Crippen LogP contribution in [0.4, 0.5) is 5.69 Å². The van der Waals surface area contributed by atoms with Gasteiger partial charge in [0.2, 0.25) is 0 Å². The Kier molecular flexibility index (Phi) is 4.99. The van der Waals surface area contributed by atoms with Crippen molar-refractivity contribution >= 4 is 11.6 Å². The van der Waals surface area contributed by atoms with Crippen molar-refractivity contribution in [3.8, 4) is 5.75 Å². The molecule has 0 radical (unpaired) electrons.